The minimum Gasteiger partial charge on any atom is -0.466 e. The van der Waals surface area contributed by atoms with Gasteiger partial charge in [-0.3, -0.25) is 9.59 Å². The smallest absolute Gasteiger partial charge is 0.305 e. The average Bonchev–Trinajstić information content (AvgIpc) is 3.34. The molecule has 3 N–H and O–H groups in total. The number of esters is 1. The van der Waals surface area contributed by atoms with Crippen LogP contribution in [0.2, 0.25) is 0 Å². The molecule has 6 nitrogen and oxygen atoms in total. The molecule has 0 spiro atoms. The molecule has 6 heteroatoms. The lowest BCUT2D eigenvalue weighted by Gasteiger charge is -2.20. The molecular weight excluding hydrogens is 839 g/mol. The van der Waals surface area contributed by atoms with Crippen molar-refractivity contribution in [2.24, 2.45) is 0 Å². The zero-order valence-electron chi connectivity index (χ0n) is 45.6. The summed E-state index contributed by atoms with van der Waals surface area (Å²) in [5, 5.41) is 23.2. The predicted molar refractivity (Wildman–Crippen MR) is 296 cm³/mol. The Kier molecular flexibility index (Phi) is 56.0. The summed E-state index contributed by atoms with van der Waals surface area (Å²) >= 11 is 0. The van der Waals surface area contributed by atoms with E-state index in [1.807, 2.05) is 6.08 Å². The van der Waals surface area contributed by atoms with E-state index in [2.05, 4.69) is 43.5 Å². The van der Waals surface area contributed by atoms with Gasteiger partial charge in [-0.05, 0) is 57.8 Å². The summed E-state index contributed by atoms with van der Waals surface area (Å²) in [7, 11) is 0. The summed E-state index contributed by atoms with van der Waals surface area (Å²) in [4.78, 5) is 24.5. The fourth-order valence-corrected chi connectivity index (χ4v) is 9.24. The Bertz CT molecular complexity index is 1100. The third-order valence-corrected chi connectivity index (χ3v) is 13.9. The largest absolute Gasteiger partial charge is 0.466 e. The van der Waals surface area contributed by atoms with Gasteiger partial charge in [-0.15, -0.1) is 0 Å². The van der Waals surface area contributed by atoms with Gasteiger partial charge in [0.2, 0.25) is 5.91 Å². The Balaban J connectivity index is 3.48. The maximum Gasteiger partial charge on any atom is 0.305 e. The first kappa shape index (κ1) is 66.1. The van der Waals surface area contributed by atoms with Gasteiger partial charge < -0.3 is 20.3 Å². The highest BCUT2D eigenvalue weighted by molar-refractivity contribution is 5.76. The summed E-state index contributed by atoms with van der Waals surface area (Å²) in [5.41, 5.74) is 0. The molecule has 0 aromatic rings. The third kappa shape index (κ3) is 53.4. The van der Waals surface area contributed by atoms with Crippen LogP contribution in [0.4, 0.5) is 0 Å². The lowest BCUT2D eigenvalue weighted by atomic mass is 10.0. The lowest BCUT2D eigenvalue weighted by Crippen LogP contribution is -2.45. The number of nitrogens with one attached hydrogen (secondary N) is 1. The number of aliphatic hydroxyl groups is 2. The summed E-state index contributed by atoms with van der Waals surface area (Å²) in [5.74, 6) is -0.0943. The predicted octanol–water partition coefficient (Wildman–Crippen LogP) is 18.8. The molecule has 0 rings (SSSR count). The SMILES string of the molecule is CCCC/C=C\C/C=C\CCCCCCCC(=O)OCCCCCCCCCCCCCCCCC(=O)NC(CO)C(O)/C=C/CCCCCCCCCCCCCCCCCCCCCCC. The lowest BCUT2D eigenvalue weighted by molar-refractivity contribution is -0.143. The molecule has 68 heavy (non-hydrogen) atoms. The van der Waals surface area contributed by atoms with Crippen molar-refractivity contribution in [3.63, 3.8) is 0 Å². The zero-order chi connectivity index (χ0) is 49.3. The van der Waals surface area contributed by atoms with E-state index in [0.717, 1.165) is 64.2 Å². The molecule has 2 atom stereocenters. The van der Waals surface area contributed by atoms with Gasteiger partial charge in [0.15, 0.2) is 0 Å². The van der Waals surface area contributed by atoms with Gasteiger partial charge in [-0.25, -0.2) is 0 Å². The number of amides is 1. The molecule has 0 fully saturated rings. The van der Waals surface area contributed by atoms with E-state index in [9.17, 15) is 19.8 Å². The van der Waals surface area contributed by atoms with E-state index in [4.69, 9.17) is 4.74 Å². The molecule has 1 amide bonds. The van der Waals surface area contributed by atoms with Crippen LogP contribution in [0.5, 0.6) is 0 Å². The minimum absolute atomic E-state index is 0.0177. The first-order valence-electron chi connectivity index (χ1n) is 30.3. The monoisotopic (exact) mass is 956 g/mol. The second kappa shape index (κ2) is 57.7. The summed E-state index contributed by atoms with van der Waals surface area (Å²) < 4.78 is 5.46. The van der Waals surface area contributed by atoms with E-state index in [0.29, 0.717) is 19.4 Å². The summed E-state index contributed by atoms with van der Waals surface area (Å²) in [6.45, 7) is 4.85. The molecule has 2 unspecified atom stereocenters. The molecule has 0 saturated carbocycles. The van der Waals surface area contributed by atoms with Gasteiger partial charge in [0.25, 0.3) is 0 Å². The maximum atomic E-state index is 12.5. The van der Waals surface area contributed by atoms with Gasteiger partial charge in [0.1, 0.15) is 0 Å². The highest BCUT2D eigenvalue weighted by atomic mass is 16.5. The Morgan fingerprint density at radius 2 is 0.750 bits per heavy atom. The molecule has 0 aliphatic rings. The van der Waals surface area contributed by atoms with Crippen molar-refractivity contribution >= 4 is 11.9 Å². The number of hydrogen-bond donors (Lipinski definition) is 3. The van der Waals surface area contributed by atoms with Crippen LogP contribution in [-0.2, 0) is 14.3 Å². The van der Waals surface area contributed by atoms with Crippen molar-refractivity contribution in [3.05, 3.63) is 36.5 Å². The Morgan fingerprint density at radius 3 is 1.16 bits per heavy atom. The first-order valence-corrected chi connectivity index (χ1v) is 30.3. The number of unbranched alkanes of at least 4 members (excludes halogenated alkanes) is 41. The van der Waals surface area contributed by atoms with Crippen molar-refractivity contribution in [2.75, 3.05) is 13.2 Å². The fraction of sp³-hybridized carbons (Fsp3) is 0.871. The van der Waals surface area contributed by atoms with E-state index in [1.54, 1.807) is 6.08 Å². The van der Waals surface area contributed by atoms with Crippen LogP contribution in [0.1, 0.15) is 322 Å². The molecule has 0 aromatic carbocycles. The summed E-state index contributed by atoms with van der Waals surface area (Å²) in [6, 6.07) is -0.638. The van der Waals surface area contributed by atoms with Crippen LogP contribution in [0.25, 0.3) is 0 Å². The van der Waals surface area contributed by atoms with E-state index in [-0.39, 0.29) is 18.5 Å². The van der Waals surface area contributed by atoms with E-state index in [1.165, 1.54) is 231 Å². The van der Waals surface area contributed by atoms with E-state index >= 15 is 0 Å². The Morgan fingerprint density at radius 1 is 0.412 bits per heavy atom. The number of allylic oxidation sites excluding steroid dienone is 5. The molecule has 0 aromatic heterocycles. The van der Waals surface area contributed by atoms with Gasteiger partial charge in [-0.1, -0.05) is 288 Å². The highest BCUT2D eigenvalue weighted by Gasteiger charge is 2.18. The summed E-state index contributed by atoms with van der Waals surface area (Å²) in [6.07, 6.45) is 71.7. The topological polar surface area (TPSA) is 95.9 Å². The van der Waals surface area contributed by atoms with Crippen molar-refractivity contribution in [3.8, 4) is 0 Å². The number of ether oxygens (including phenoxy) is 1. The average molecular weight is 957 g/mol. The molecule has 0 aliphatic carbocycles. The third-order valence-electron chi connectivity index (χ3n) is 13.9. The van der Waals surface area contributed by atoms with Crippen LogP contribution in [0.15, 0.2) is 36.5 Å². The molecule has 0 bridgehead atoms. The zero-order valence-corrected chi connectivity index (χ0v) is 45.6. The molecule has 0 heterocycles. The highest BCUT2D eigenvalue weighted by Crippen LogP contribution is 2.17. The first-order chi connectivity index (χ1) is 33.5. The van der Waals surface area contributed by atoms with Crippen molar-refractivity contribution < 1.29 is 24.5 Å². The van der Waals surface area contributed by atoms with Crippen LogP contribution in [0, 0.1) is 0 Å². The van der Waals surface area contributed by atoms with Crippen LogP contribution in [-0.4, -0.2) is 47.4 Å². The second-order valence-electron chi connectivity index (χ2n) is 20.7. The number of hydrogen-bond acceptors (Lipinski definition) is 5. The van der Waals surface area contributed by atoms with Gasteiger partial charge >= 0.3 is 5.97 Å². The maximum absolute atomic E-state index is 12.5. The number of aliphatic hydroxyl groups excluding tert-OH is 2. The molecule has 0 saturated heterocycles. The normalized spacial score (nSPS) is 12.8. The number of carbonyl (C=O) groups is 2. The van der Waals surface area contributed by atoms with Gasteiger partial charge in [0.05, 0.1) is 25.4 Å². The van der Waals surface area contributed by atoms with Crippen molar-refractivity contribution in [2.45, 2.75) is 334 Å². The van der Waals surface area contributed by atoms with Crippen LogP contribution >= 0.6 is 0 Å². The number of rotatable bonds is 56. The quantitative estimate of drug-likeness (QED) is 0.0321. The second-order valence-corrected chi connectivity index (χ2v) is 20.7. The minimum atomic E-state index is -0.854. The van der Waals surface area contributed by atoms with E-state index < -0.39 is 12.1 Å². The molecular formula is C62H117NO5. The molecule has 0 aliphatic heterocycles. The van der Waals surface area contributed by atoms with Crippen molar-refractivity contribution in [1.82, 2.24) is 5.32 Å². The van der Waals surface area contributed by atoms with Crippen molar-refractivity contribution in [1.29, 1.82) is 0 Å². The fourth-order valence-electron chi connectivity index (χ4n) is 9.24. The molecule has 0 radical (unpaired) electrons. The standard InChI is InChI=1S/C62H117NO5/c1-3-5-7-9-11-13-15-17-19-20-21-22-23-24-25-26-27-30-34-38-42-46-50-54-60(65)59(58-64)63-61(66)55-51-47-43-39-35-31-28-29-33-37-41-45-49-53-57-68-62(67)56-52-48-44-40-36-32-18-16-14-12-10-8-6-4-2/h10,12,16,18,50,54,59-60,64-65H,3-9,11,13-15,17,19-49,51-53,55-58H2,1-2H3,(H,63,66)/b12-10-,18-16-,54-50+. The van der Waals surface area contributed by atoms with Gasteiger partial charge in [-0.2, -0.15) is 0 Å². The number of carbonyl (C=O) groups excluding carboxylic acids is 2. The van der Waals surface area contributed by atoms with Crippen LogP contribution < -0.4 is 5.32 Å². The van der Waals surface area contributed by atoms with Crippen LogP contribution in [0.3, 0.4) is 0 Å². The Hall–Kier alpha value is -1.92. The van der Waals surface area contributed by atoms with Gasteiger partial charge in [0, 0.05) is 12.8 Å². The Labute approximate surface area is 424 Å². The molecule has 400 valence electrons.